The van der Waals surface area contributed by atoms with Crippen molar-refractivity contribution in [1.29, 1.82) is 0 Å². The zero-order chi connectivity index (χ0) is 24.5. The molecule has 0 saturated heterocycles. The van der Waals surface area contributed by atoms with E-state index in [1.165, 1.54) is 7.11 Å². The number of carbonyl (C=O) groups is 1. The van der Waals surface area contributed by atoms with Gasteiger partial charge in [0, 0.05) is 12.1 Å². The molecule has 0 aliphatic rings. The molecule has 0 aromatic heterocycles. The summed E-state index contributed by atoms with van der Waals surface area (Å²) in [5.74, 6) is 2.31. The largest absolute Gasteiger partial charge is 1.00 e. The number of methoxy groups -OCH3 is 1. The zero-order valence-electron chi connectivity index (χ0n) is 21.7. The van der Waals surface area contributed by atoms with E-state index in [0.29, 0.717) is 38.9 Å². The second kappa shape index (κ2) is 14.9. The maximum Gasteiger partial charge on any atom is 1.00 e. The minimum Gasteiger partial charge on any atom is -0.496 e. The molecule has 4 atom stereocenters. The first-order valence-electron chi connectivity index (χ1n) is 11.6. The van der Waals surface area contributed by atoms with E-state index < -0.39 is 0 Å². The second-order valence-electron chi connectivity index (χ2n) is 8.08. The zero-order valence-corrected chi connectivity index (χ0v) is 23.4. The van der Waals surface area contributed by atoms with Crippen LogP contribution in [0.3, 0.4) is 0 Å². The molecule has 8 heteroatoms. The molecule has 2 aromatic rings. The van der Waals surface area contributed by atoms with Crippen LogP contribution in [-0.4, -0.2) is 30.9 Å². The van der Waals surface area contributed by atoms with Crippen LogP contribution in [0.25, 0.3) is 0 Å². The van der Waals surface area contributed by atoms with E-state index in [-0.39, 0.29) is 51.3 Å². The Bertz CT molecular complexity index is 906. The van der Waals surface area contributed by atoms with Gasteiger partial charge in [0.2, 0.25) is 0 Å². The van der Waals surface area contributed by atoms with Crippen LogP contribution in [0.1, 0.15) is 71.2 Å². The summed E-state index contributed by atoms with van der Waals surface area (Å²) in [4.78, 5) is 13.4. The molecule has 0 heterocycles. The van der Waals surface area contributed by atoms with E-state index in [1.807, 2.05) is 32.9 Å². The first kappa shape index (κ1) is 30.7. The van der Waals surface area contributed by atoms with Crippen LogP contribution >= 0.6 is 20.2 Å². The van der Waals surface area contributed by atoms with Gasteiger partial charge in [-0.15, -0.1) is 0 Å². The number of carbonyl (C=O) groups excluding carboxylic acids is 1. The molecule has 0 saturated carbocycles. The molecule has 0 aliphatic carbocycles. The van der Waals surface area contributed by atoms with Crippen LogP contribution < -0.4 is 43.1 Å². The van der Waals surface area contributed by atoms with Gasteiger partial charge >= 0.3 is 18.9 Å². The molecule has 0 fully saturated rings. The van der Waals surface area contributed by atoms with Gasteiger partial charge in [-0.25, -0.2) is 0 Å². The molecule has 2 aromatic carbocycles. The summed E-state index contributed by atoms with van der Waals surface area (Å²) in [5.41, 5.74) is 0.222. The van der Waals surface area contributed by atoms with Gasteiger partial charge in [0.15, 0.2) is 5.52 Å². The Kier molecular flexibility index (Phi) is 13.4. The quantitative estimate of drug-likeness (QED) is 0.306. The van der Waals surface area contributed by atoms with Gasteiger partial charge in [0.25, 0.3) is 0 Å². The van der Waals surface area contributed by atoms with Crippen molar-refractivity contribution in [2.75, 3.05) is 7.11 Å². The number of ether oxygens (including phenoxy) is 4. The summed E-state index contributed by atoms with van der Waals surface area (Å²) in [6, 6.07) is 8.91. The summed E-state index contributed by atoms with van der Waals surface area (Å²) in [7, 11) is 1.26. The third-order valence-corrected chi connectivity index (χ3v) is 6.95. The van der Waals surface area contributed by atoms with Gasteiger partial charge in [-0.05, 0) is 60.7 Å². The van der Waals surface area contributed by atoms with Crippen LogP contribution in [0.2, 0.25) is 5.02 Å². The molecule has 182 valence electrons. The molecule has 0 bridgehead atoms. The summed E-state index contributed by atoms with van der Waals surface area (Å²) >= 11 is 6.38. The van der Waals surface area contributed by atoms with E-state index in [0.717, 1.165) is 19.3 Å². The SMILES string of the molecule is CCC(C)Oc1cc(OC(C)CC)c(PC(=O)c2c(Cl)cccc2OC)c(OC(C)CC)c1.[Li+]. The van der Waals surface area contributed by atoms with Gasteiger partial charge in [-0.2, -0.15) is 0 Å². The smallest absolute Gasteiger partial charge is 0.496 e. The third kappa shape index (κ3) is 8.38. The predicted octanol–water partition coefficient (Wildman–Crippen LogP) is 4.03. The predicted molar refractivity (Wildman–Crippen MR) is 138 cm³/mol. The maximum atomic E-state index is 13.4. The first-order chi connectivity index (χ1) is 15.7. The van der Waals surface area contributed by atoms with Crippen LogP contribution in [0.4, 0.5) is 0 Å². The molecule has 5 nitrogen and oxygen atoms in total. The normalized spacial score (nSPS) is 13.6. The molecule has 2 rings (SSSR count). The Labute approximate surface area is 223 Å². The maximum absolute atomic E-state index is 13.4. The summed E-state index contributed by atoms with van der Waals surface area (Å²) in [6.07, 6.45) is 2.50. The van der Waals surface area contributed by atoms with Gasteiger partial charge in [0.05, 0.1) is 41.3 Å². The van der Waals surface area contributed by atoms with Crippen molar-refractivity contribution in [3.8, 4) is 23.0 Å². The summed E-state index contributed by atoms with van der Waals surface area (Å²) in [5, 5.41) is 1.07. The third-order valence-electron chi connectivity index (χ3n) is 5.42. The Hall–Kier alpha value is -1.37. The van der Waals surface area contributed by atoms with Crippen molar-refractivity contribution < 1.29 is 42.6 Å². The molecule has 0 N–H and O–H groups in total. The van der Waals surface area contributed by atoms with Crippen molar-refractivity contribution in [3.63, 3.8) is 0 Å². The number of hydrogen-bond acceptors (Lipinski definition) is 5. The molecule has 0 aliphatic heterocycles. The average Bonchev–Trinajstić information content (AvgIpc) is 2.80. The molecular weight excluding hydrogens is 466 g/mol. The Balaban J connectivity index is 0.00000578. The van der Waals surface area contributed by atoms with Gasteiger partial charge in [0.1, 0.15) is 23.0 Å². The van der Waals surface area contributed by atoms with Gasteiger partial charge in [-0.1, -0.05) is 38.4 Å². The Morgan fingerprint density at radius 3 is 1.85 bits per heavy atom. The molecule has 0 radical (unpaired) electrons. The van der Waals surface area contributed by atoms with E-state index in [2.05, 4.69) is 20.8 Å². The average molecular weight is 502 g/mol. The number of benzene rings is 2. The van der Waals surface area contributed by atoms with Crippen LogP contribution in [0, 0.1) is 0 Å². The number of rotatable bonds is 13. The van der Waals surface area contributed by atoms with Crippen LogP contribution in [0.15, 0.2) is 30.3 Å². The van der Waals surface area contributed by atoms with Crippen molar-refractivity contribution in [2.24, 2.45) is 0 Å². The Morgan fingerprint density at radius 2 is 1.38 bits per heavy atom. The van der Waals surface area contributed by atoms with Crippen molar-refractivity contribution in [3.05, 3.63) is 40.9 Å². The van der Waals surface area contributed by atoms with E-state index in [4.69, 9.17) is 30.5 Å². The molecule has 0 amide bonds. The standard InChI is InChI=1S/C26H36ClO5P.Li/c1-8-16(4)30-19-14-22(31-17(5)9-2)25(23(15-19)32-18(6)10-3)33-26(28)24-20(27)12-11-13-21(24)29-7;/h11-18,33H,8-10H2,1-7H3;/q;+1. The molecular formula is C26H36ClLiO5P+. The molecule has 34 heavy (non-hydrogen) atoms. The van der Waals surface area contributed by atoms with Crippen LogP contribution in [0.5, 0.6) is 23.0 Å². The first-order valence-corrected chi connectivity index (χ1v) is 12.9. The van der Waals surface area contributed by atoms with E-state index in [1.54, 1.807) is 18.2 Å². The second-order valence-corrected chi connectivity index (χ2v) is 9.69. The van der Waals surface area contributed by atoms with Crippen molar-refractivity contribution in [1.82, 2.24) is 0 Å². The van der Waals surface area contributed by atoms with E-state index in [9.17, 15) is 4.79 Å². The van der Waals surface area contributed by atoms with Gasteiger partial charge in [-0.3, -0.25) is 4.79 Å². The monoisotopic (exact) mass is 501 g/mol. The minimum atomic E-state index is -0.265. The fraction of sp³-hybridized carbons (Fsp3) is 0.500. The van der Waals surface area contributed by atoms with Crippen molar-refractivity contribution >= 4 is 31.0 Å². The fourth-order valence-corrected chi connectivity index (χ4v) is 4.38. The van der Waals surface area contributed by atoms with Crippen LogP contribution in [-0.2, 0) is 0 Å². The molecule has 0 spiro atoms. The topological polar surface area (TPSA) is 54.0 Å². The summed E-state index contributed by atoms with van der Waals surface area (Å²) < 4.78 is 24.0. The summed E-state index contributed by atoms with van der Waals surface area (Å²) in [6.45, 7) is 12.2. The van der Waals surface area contributed by atoms with Gasteiger partial charge < -0.3 is 18.9 Å². The number of halogens is 1. The fourth-order valence-electron chi connectivity index (χ4n) is 2.93. The van der Waals surface area contributed by atoms with Crippen molar-refractivity contribution in [2.45, 2.75) is 79.1 Å². The number of hydrogen-bond donors (Lipinski definition) is 0. The Morgan fingerprint density at radius 1 is 0.882 bits per heavy atom. The molecule has 4 unspecified atom stereocenters. The van der Waals surface area contributed by atoms with E-state index >= 15 is 0 Å². The minimum absolute atomic E-state index is 0.